The molecular weight excluding hydrogens is 382 g/mol. The van der Waals surface area contributed by atoms with Crippen molar-refractivity contribution in [2.24, 2.45) is 5.73 Å². The van der Waals surface area contributed by atoms with Crippen molar-refractivity contribution in [3.8, 4) is 5.75 Å². The molecule has 1 heterocycles. The molecule has 142 valence electrons. The van der Waals surface area contributed by atoms with Crippen LogP contribution in [0, 0.1) is 0 Å². The van der Waals surface area contributed by atoms with Crippen LogP contribution in [0.25, 0.3) is 0 Å². The number of carbonyl (C=O) groups is 2. The lowest BCUT2D eigenvalue weighted by atomic mass is 9.95. The van der Waals surface area contributed by atoms with Crippen molar-refractivity contribution in [1.29, 1.82) is 0 Å². The topological polar surface area (TPSA) is 93.4 Å². The number of hydrogen-bond acceptors (Lipinski definition) is 5. The van der Waals surface area contributed by atoms with Gasteiger partial charge in [0.1, 0.15) is 10.8 Å². The predicted octanol–water partition coefficient (Wildman–Crippen LogP) is 2.79. The maximum absolute atomic E-state index is 12.2. The zero-order valence-electron chi connectivity index (χ0n) is 15.0. The van der Waals surface area contributed by atoms with Gasteiger partial charge in [-0.15, -0.1) is 11.3 Å². The molecule has 0 unspecified atom stereocenters. The first kappa shape index (κ1) is 19.3. The number of ether oxygens (including phenoxy) is 1. The molecule has 27 heavy (non-hydrogen) atoms. The van der Waals surface area contributed by atoms with Gasteiger partial charge >= 0.3 is 0 Å². The summed E-state index contributed by atoms with van der Waals surface area (Å²) >= 11 is 6.74. The van der Waals surface area contributed by atoms with Crippen molar-refractivity contribution < 1.29 is 14.3 Å². The number of anilines is 1. The molecule has 0 radical (unpaired) electrons. The summed E-state index contributed by atoms with van der Waals surface area (Å²) in [5.74, 6) is 0.0286. The van der Waals surface area contributed by atoms with Gasteiger partial charge in [-0.1, -0.05) is 12.1 Å². The largest absolute Gasteiger partial charge is 0.497 e. The van der Waals surface area contributed by atoms with Crippen LogP contribution in [0.15, 0.2) is 24.3 Å². The highest BCUT2D eigenvalue weighted by Gasteiger charge is 2.24. The molecule has 0 saturated heterocycles. The first-order valence-corrected chi connectivity index (χ1v) is 9.88. The zero-order chi connectivity index (χ0) is 19.4. The summed E-state index contributed by atoms with van der Waals surface area (Å²) in [5.41, 5.74) is 7.94. The summed E-state index contributed by atoms with van der Waals surface area (Å²) in [5, 5.41) is 6.41. The van der Waals surface area contributed by atoms with Gasteiger partial charge < -0.3 is 21.1 Å². The first-order valence-electron chi connectivity index (χ1n) is 8.66. The number of benzene rings is 1. The number of carbonyl (C=O) groups excluding carboxylic acids is 2. The molecular formula is C19H21N3O3S2. The molecule has 1 aliphatic rings. The number of amides is 2. The van der Waals surface area contributed by atoms with Crippen LogP contribution in [0.5, 0.6) is 5.75 Å². The molecule has 0 spiro atoms. The molecule has 3 rings (SSSR count). The van der Waals surface area contributed by atoms with Crippen molar-refractivity contribution in [1.82, 2.24) is 5.32 Å². The summed E-state index contributed by atoms with van der Waals surface area (Å²) in [6.45, 7) is 0. The second-order valence-electron chi connectivity index (χ2n) is 6.31. The van der Waals surface area contributed by atoms with Crippen molar-refractivity contribution >= 4 is 45.5 Å². The molecule has 0 bridgehead atoms. The minimum atomic E-state index is -0.468. The van der Waals surface area contributed by atoms with E-state index in [9.17, 15) is 9.59 Å². The minimum absolute atomic E-state index is 0.162. The average molecular weight is 404 g/mol. The Kier molecular flexibility index (Phi) is 6.08. The molecule has 1 aromatic heterocycles. The van der Waals surface area contributed by atoms with E-state index in [1.165, 1.54) is 16.2 Å². The van der Waals surface area contributed by atoms with Gasteiger partial charge in [0, 0.05) is 4.88 Å². The van der Waals surface area contributed by atoms with E-state index in [0.717, 1.165) is 42.6 Å². The van der Waals surface area contributed by atoms with E-state index in [1.807, 2.05) is 12.1 Å². The summed E-state index contributed by atoms with van der Waals surface area (Å²) in [6.07, 6.45) is 4.14. The Labute approximate surface area is 167 Å². The number of hydrogen-bond donors (Lipinski definition) is 3. The summed E-state index contributed by atoms with van der Waals surface area (Å²) in [4.78, 5) is 25.3. The molecule has 2 aromatic rings. The lowest BCUT2D eigenvalue weighted by molar-refractivity contribution is -0.119. The fourth-order valence-corrected chi connectivity index (χ4v) is 4.73. The van der Waals surface area contributed by atoms with Crippen LogP contribution < -0.4 is 21.1 Å². The van der Waals surface area contributed by atoms with Crippen molar-refractivity contribution in [2.75, 3.05) is 12.4 Å². The monoisotopic (exact) mass is 403 g/mol. The minimum Gasteiger partial charge on any atom is -0.497 e. The van der Waals surface area contributed by atoms with Crippen LogP contribution in [-0.2, 0) is 24.1 Å². The fourth-order valence-electron chi connectivity index (χ4n) is 3.15. The summed E-state index contributed by atoms with van der Waals surface area (Å²) < 4.78 is 5.10. The summed E-state index contributed by atoms with van der Waals surface area (Å²) in [6, 6.07) is 7.25. The molecule has 1 aliphatic carbocycles. The van der Waals surface area contributed by atoms with Crippen LogP contribution in [0.4, 0.5) is 5.00 Å². The fraction of sp³-hybridized carbons (Fsp3) is 0.316. The third-order valence-electron chi connectivity index (χ3n) is 4.42. The van der Waals surface area contributed by atoms with E-state index in [4.69, 9.17) is 22.7 Å². The lowest BCUT2D eigenvalue weighted by Gasteiger charge is -2.11. The third kappa shape index (κ3) is 4.64. The Morgan fingerprint density at radius 3 is 2.59 bits per heavy atom. The van der Waals surface area contributed by atoms with E-state index in [2.05, 4.69) is 10.6 Å². The number of nitrogens with two attached hydrogens (primary N) is 1. The molecule has 8 heteroatoms. The molecule has 6 nitrogen and oxygen atoms in total. The maximum Gasteiger partial charge on any atom is 0.251 e. The van der Waals surface area contributed by atoms with Gasteiger partial charge in [0.2, 0.25) is 5.91 Å². The maximum atomic E-state index is 12.2. The molecule has 0 fully saturated rings. The van der Waals surface area contributed by atoms with Crippen LogP contribution >= 0.6 is 23.6 Å². The van der Waals surface area contributed by atoms with E-state index in [-0.39, 0.29) is 17.4 Å². The number of thiophene rings is 1. The van der Waals surface area contributed by atoms with E-state index >= 15 is 0 Å². The normalized spacial score (nSPS) is 12.8. The molecule has 1 aromatic carbocycles. The van der Waals surface area contributed by atoms with Gasteiger partial charge in [0.25, 0.3) is 5.91 Å². The summed E-state index contributed by atoms with van der Waals surface area (Å²) in [7, 11) is 1.59. The lowest BCUT2D eigenvalue weighted by Crippen LogP contribution is -2.35. The highest BCUT2D eigenvalue weighted by atomic mass is 32.1. The quantitative estimate of drug-likeness (QED) is 0.668. The van der Waals surface area contributed by atoms with Gasteiger partial charge in [-0.3, -0.25) is 9.59 Å². The molecule has 2 amide bonds. The Bertz CT molecular complexity index is 875. The first-order chi connectivity index (χ1) is 13.0. The Morgan fingerprint density at radius 2 is 1.93 bits per heavy atom. The number of primary amides is 1. The smallest absolute Gasteiger partial charge is 0.251 e. The Hall–Kier alpha value is -2.45. The molecule has 4 N–H and O–H groups in total. The van der Waals surface area contributed by atoms with E-state index < -0.39 is 5.91 Å². The van der Waals surface area contributed by atoms with E-state index in [0.29, 0.717) is 10.6 Å². The van der Waals surface area contributed by atoms with E-state index in [1.54, 1.807) is 19.2 Å². The van der Waals surface area contributed by atoms with Crippen molar-refractivity contribution in [3.05, 3.63) is 45.8 Å². The number of aryl methyl sites for hydroxylation is 1. The number of rotatable bonds is 5. The van der Waals surface area contributed by atoms with Crippen LogP contribution in [-0.4, -0.2) is 24.0 Å². The second-order valence-corrected chi connectivity index (χ2v) is 7.82. The SMILES string of the molecule is COc1ccc(CC(=O)NC(=S)Nc2sc3c(c2C(N)=O)CCCC3)cc1. The van der Waals surface area contributed by atoms with Crippen LogP contribution in [0.3, 0.4) is 0 Å². The standard InChI is InChI=1S/C19H21N3O3S2/c1-25-12-8-6-11(7-9-12)10-15(23)21-19(26)22-18-16(17(20)24)13-4-2-3-5-14(13)27-18/h6-9H,2-5,10H2,1H3,(H2,20,24)(H2,21,22,23,26). The van der Waals surface area contributed by atoms with Gasteiger partial charge in [0.05, 0.1) is 19.1 Å². The van der Waals surface area contributed by atoms with Crippen molar-refractivity contribution in [2.45, 2.75) is 32.1 Å². The van der Waals surface area contributed by atoms with Gasteiger partial charge in [-0.2, -0.15) is 0 Å². The molecule has 0 aliphatic heterocycles. The van der Waals surface area contributed by atoms with Crippen molar-refractivity contribution in [3.63, 3.8) is 0 Å². The highest BCUT2D eigenvalue weighted by Crippen LogP contribution is 2.37. The Morgan fingerprint density at radius 1 is 1.22 bits per heavy atom. The number of methoxy groups -OCH3 is 1. The Balaban J connectivity index is 1.64. The molecule has 0 saturated carbocycles. The number of thiocarbonyl (C=S) groups is 1. The van der Waals surface area contributed by atoms with Gasteiger partial charge in [0.15, 0.2) is 5.11 Å². The van der Waals surface area contributed by atoms with Gasteiger partial charge in [-0.05, 0) is 61.2 Å². The predicted molar refractivity (Wildman–Crippen MR) is 111 cm³/mol. The van der Waals surface area contributed by atoms with Crippen LogP contribution in [0.1, 0.15) is 39.2 Å². The average Bonchev–Trinajstić information content (AvgIpc) is 2.99. The zero-order valence-corrected chi connectivity index (χ0v) is 16.6. The second kappa shape index (κ2) is 8.49. The van der Waals surface area contributed by atoms with Crippen LogP contribution in [0.2, 0.25) is 0 Å². The van der Waals surface area contributed by atoms with Gasteiger partial charge in [-0.25, -0.2) is 0 Å². The number of fused-ring (bicyclic) bond motifs is 1. The third-order valence-corrected chi connectivity index (χ3v) is 5.83. The highest BCUT2D eigenvalue weighted by molar-refractivity contribution is 7.80. The molecule has 0 atom stereocenters. The number of nitrogens with one attached hydrogen (secondary N) is 2.